The number of hydrogen-bond donors (Lipinski definition) is 3. The van der Waals surface area contributed by atoms with Crippen LogP contribution in [0.2, 0.25) is 0 Å². The Balaban J connectivity index is 1.52. The molecule has 176 valence electrons. The first-order valence-corrected chi connectivity index (χ1v) is 11.8. The summed E-state index contributed by atoms with van der Waals surface area (Å²) < 4.78 is 5.54. The van der Waals surface area contributed by atoms with Crippen LogP contribution < -0.4 is 15.8 Å². The van der Waals surface area contributed by atoms with Crippen LogP contribution in [0.4, 0.5) is 11.9 Å². The maximum absolute atomic E-state index is 13.2. The van der Waals surface area contributed by atoms with E-state index in [0.717, 1.165) is 31.5 Å². The molecule has 0 unspecified atom stereocenters. The third-order valence-electron chi connectivity index (χ3n) is 5.74. The van der Waals surface area contributed by atoms with Crippen molar-refractivity contribution in [2.75, 3.05) is 38.3 Å². The maximum Gasteiger partial charge on any atom is 0.240 e. The van der Waals surface area contributed by atoms with E-state index in [0.29, 0.717) is 28.0 Å². The van der Waals surface area contributed by atoms with Crippen LogP contribution in [0, 0.1) is 5.92 Å². The highest BCUT2D eigenvalue weighted by Crippen LogP contribution is 2.34. The van der Waals surface area contributed by atoms with Gasteiger partial charge in [0.15, 0.2) is 5.65 Å². The lowest BCUT2D eigenvalue weighted by Gasteiger charge is -2.29. The van der Waals surface area contributed by atoms with Gasteiger partial charge in [0, 0.05) is 11.8 Å². The number of carbonyl (C=O) groups is 1. The molecule has 1 aliphatic rings. The van der Waals surface area contributed by atoms with Crippen LogP contribution >= 0.6 is 11.8 Å². The molecule has 4 rings (SSSR count). The lowest BCUT2D eigenvalue weighted by atomic mass is 9.91. The number of likely N-dealkylation sites (tertiary alicyclic amines) is 1. The van der Waals surface area contributed by atoms with E-state index in [1.807, 2.05) is 13.8 Å². The van der Waals surface area contributed by atoms with Gasteiger partial charge < -0.3 is 20.4 Å². The number of carbonyl (C=O) groups excluding carboxylic acids is 1. The predicted molar refractivity (Wildman–Crippen MR) is 127 cm³/mol. The fourth-order valence-corrected chi connectivity index (χ4v) is 4.99. The third-order valence-corrected chi connectivity index (χ3v) is 7.27. The Morgan fingerprint density at radius 3 is 2.73 bits per heavy atom. The van der Waals surface area contributed by atoms with Crippen LogP contribution in [0.5, 0.6) is 5.88 Å². The average Bonchev–Trinajstić information content (AvgIpc) is 3.26. The van der Waals surface area contributed by atoms with E-state index in [2.05, 4.69) is 47.2 Å². The molecule has 33 heavy (non-hydrogen) atoms. The smallest absolute Gasteiger partial charge is 0.240 e. The van der Waals surface area contributed by atoms with Crippen molar-refractivity contribution in [3.8, 4) is 5.88 Å². The number of methoxy groups -OCH3 is 1. The van der Waals surface area contributed by atoms with Gasteiger partial charge in [-0.05, 0) is 44.8 Å². The number of fused-ring (bicyclic) bond motifs is 1. The number of imidazole rings is 1. The molecule has 1 fully saturated rings. The van der Waals surface area contributed by atoms with Crippen molar-refractivity contribution >= 4 is 40.7 Å². The molecule has 11 nitrogen and oxygen atoms in total. The number of ether oxygens (including phenoxy) is 1. The normalized spacial score (nSPS) is 16.3. The Hall–Kier alpha value is -2.99. The van der Waals surface area contributed by atoms with Gasteiger partial charge in [-0.15, -0.1) is 0 Å². The number of thioether (sulfide) groups is 1. The Kier molecular flexibility index (Phi) is 6.94. The van der Waals surface area contributed by atoms with Crippen LogP contribution in [0.1, 0.15) is 38.2 Å². The number of rotatable bonds is 7. The summed E-state index contributed by atoms with van der Waals surface area (Å²) in [6.45, 7) is 5.99. The molecule has 1 amide bonds. The first kappa shape index (κ1) is 23.2. The number of aromatic nitrogens is 6. The number of nitrogens with one attached hydrogen (secondary N) is 2. The second-order valence-electron chi connectivity index (χ2n) is 8.50. The molecule has 12 heteroatoms. The first-order valence-electron chi connectivity index (χ1n) is 10.9. The minimum Gasteiger partial charge on any atom is -0.481 e. The fraction of sp³-hybridized carbons (Fsp3) is 0.524. The second kappa shape index (κ2) is 9.87. The van der Waals surface area contributed by atoms with Crippen LogP contribution in [-0.4, -0.2) is 73.2 Å². The van der Waals surface area contributed by atoms with E-state index in [-0.39, 0.29) is 23.7 Å². The van der Waals surface area contributed by atoms with Gasteiger partial charge >= 0.3 is 0 Å². The van der Waals surface area contributed by atoms with Gasteiger partial charge in [-0.3, -0.25) is 10.1 Å². The molecule has 0 radical (unpaired) electrons. The zero-order valence-electron chi connectivity index (χ0n) is 19.2. The van der Waals surface area contributed by atoms with Crippen molar-refractivity contribution in [1.29, 1.82) is 0 Å². The summed E-state index contributed by atoms with van der Waals surface area (Å²) in [7, 11) is 3.72. The van der Waals surface area contributed by atoms with E-state index in [4.69, 9.17) is 10.5 Å². The van der Waals surface area contributed by atoms with E-state index in [9.17, 15) is 4.79 Å². The summed E-state index contributed by atoms with van der Waals surface area (Å²) in [5.41, 5.74) is 7.92. The molecule has 4 N–H and O–H groups in total. The van der Waals surface area contributed by atoms with Gasteiger partial charge in [-0.1, -0.05) is 25.6 Å². The summed E-state index contributed by atoms with van der Waals surface area (Å²) in [4.78, 5) is 40.0. The van der Waals surface area contributed by atoms with E-state index < -0.39 is 5.25 Å². The number of H-pyrrole nitrogens is 1. The summed E-state index contributed by atoms with van der Waals surface area (Å²) in [5, 5.41) is 2.95. The molecule has 4 heterocycles. The lowest BCUT2D eigenvalue weighted by molar-refractivity contribution is -0.116. The van der Waals surface area contributed by atoms with E-state index in [1.165, 1.54) is 18.1 Å². The molecular weight excluding hydrogens is 442 g/mol. The van der Waals surface area contributed by atoms with Gasteiger partial charge in [0.25, 0.3) is 0 Å². The van der Waals surface area contributed by atoms with Crippen LogP contribution in [-0.2, 0) is 4.79 Å². The summed E-state index contributed by atoms with van der Waals surface area (Å²) >= 11 is 1.30. The Morgan fingerprint density at radius 2 is 2.03 bits per heavy atom. The van der Waals surface area contributed by atoms with Crippen molar-refractivity contribution in [3.05, 3.63) is 18.1 Å². The number of aromatic amines is 1. The van der Waals surface area contributed by atoms with E-state index in [1.54, 1.807) is 13.3 Å². The molecule has 0 saturated carbocycles. The predicted octanol–water partition coefficient (Wildman–Crippen LogP) is 2.30. The van der Waals surface area contributed by atoms with Crippen LogP contribution in [0.15, 0.2) is 17.6 Å². The molecule has 1 aliphatic heterocycles. The number of nitrogens with zero attached hydrogens (tertiary/aromatic N) is 6. The van der Waals surface area contributed by atoms with Crippen molar-refractivity contribution in [2.45, 2.75) is 42.9 Å². The molecule has 1 atom stereocenters. The quantitative estimate of drug-likeness (QED) is 0.346. The molecular formula is C21H29N9O2S. The number of hydrogen-bond acceptors (Lipinski definition) is 10. The Morgan fingerprint density at radius 1 is 1.27 bits per heavy atom. The van der Waals surface area contributed by atoms with Gasteiger partial charge in [-0.2, -0.15) is 9.97 Å². The number of nitrogens with two attached hydrogens (primary N) is 1. The van der Waals surface area contributed by atoms with Crippen LogP contribution in [0.25, 0.3) is 11.2 Å². The van der Waals surface area contributed by atoms with Crippen molar-refractivity contribution in [1.82, 2.24) is 34.8 Å². The monoisotopic (exact) mass is 471 g/mol. The molecule has 3 aromatic heterocycles. The number of piperidine rings is 1. The SMILES string of the molecule is COc1nc(NC(=O)[C@H](Sc2nc(N)nc3nc[nH]c23)C(C)C)ncc1C1CCN(C)CC1. The topological polar surface area (TPSA) is 148 Å². The zero-order valence-corrected chi connectivity index (χ0v) is 20.0. The van der Waals surface area contributed by atoms with Crippen molar-refractivity contribution in [3.63, 3.8) is 0 Å². The highest BCUT2D eigenvalue weighted by Gasteiger charge is 2.28. The average molecular weight is 472 g/mol. The van der Waals surface area contributed by atoms with Gasteiger partial charge in [0.2, 0.25) is 23.7 Å². The molecule has 0 bridgehead atoms. The molecule has 0 aromatic carbocycles. The summed E-state index contributed by atoms with van der Waals surface area (Å²) in [6.07, 6.45) is 5.35. The highest BCUT2D eigenvalue weighted by atomic mass is 32.2. The second-order valence-corrected chi connectivity index (χ2v) is 9.63. The minimum atomic E-state index is -0.464. The van der Waals surface area contributed by atoms with Crippen molar-refractivity contribution in [2.24, 2.45) is 5.92 Å². The van der Waals surface area contributed by atoms with E-state index >= 15 is 0 Å². The lowest BCUT2D eigenvalue weighted by Crippen LogP contribution is -2.31. The highest BCUT2D eigenvalue weighted by molar-refractivity contribution is 8.00. The number of nitrogen functional groups attached to an aromatic ring is 1. The Labute approximate surface area is 196 Å². The third kappa shape index (κ3) is 5.17. The van der Waals surface area contributed by atoms with Gasteiger partial charge in [0.05, 0.1) is 18.7 Å². The molecule has 0 aliphatic carbocycles. The Bertz CT molecular complexity index is 1130. The molecule has 3 aromatic rings. The maximum atomic E-state index is 13.2. The van der Waals surface area contributed by atoms with Crippen molar-refractivity contribution < 1.29 is 9.53 Å². The standard InChI is InChI=1S/C21H29N9O2S/c1-11(2)15(33-19-14-16(25-10-24-14)26-20(22)29-19)17(31)27-21-23-9-13(18(28-21)32-4)12-5-7-30(3)8-6-12/h9-12,15H,5-8H2,1-4H3,(H,23,27,28,31)(H3,22,24,25,26,29)/t15-/m1/s1. The molecule has 0 spiro atoms. The summed E-state index contributed by atoms with van der Waals surface area (Å²) in [6, 6.07) is 0. The van der Waals surface area contributed by atoms with Crippen LogP contribution in [0.3, 0.4) is 0 Å². The summed E-state index contributed by atoms with van der Waals surface area (Å²) in [5.74, 6) is 0.955. The largest absolute Gasteiger partial charge is 0.481 e. The minimum absolute atomic E-state index is 0.00422. The first-order chi connectivity index (χ1) is 15.9. The molecule has 1 saturated heterocycles. The zero-order chi connectivity index (χ0) is 23.5. The van der Waals surface area contributed by atoms with Gasteiger partial charge in [0.1, 0.15) is 10.5 Å². The fourth-order valence-electron chi connectivity index (χ4n) is 3.90. The number of anilines is 2. The number of amides is 1. The van der Waals surface area contributed by atoms with Gasteiger partial charge in [-0.25, -0.2) is 15.0 Å².